The molecule has 1 fully saturated rings. The lowest BCUT2D eigenvalue weighted by Crippen LogP contribution is -2.44. The topological polar surface area (TPSA) is 73.8 Å². The Morgan fingerprint density at radius 1 is 1.33 bits per heavy atom. The molecule has 2 N–H and O–H groups in total. The summed E-state index contributed by atoms with van der Waals surface area (Å²) in [6.45, 7) is 12.5. The fourth-order valence-corrected chi connectivity index (χ4v) is 3.73. The minimum Gasteiger partial charge on any atom is -0.357 e. The predicted molar refractivity (Wildman–Crippen MR) is 102 cm³/mol. The van der Waals surface area contributed by atoms with Gasteiger partial charge in [0, 0.05) is 38.0 Å². The summed E-state index contributed by atoms with van der Waals surface area (Å²) in [5.41, 5.74) is 0. The zero-order chi connectivity index (χ0) is 18.2. The van der Waals surface area contributed by atoms with Crippen molar-refractivity contribution in [3.8, 4) is 0 Å². The van der Waals surface area contributed by atoms with Gasteiger partial charge < -0.3 is 15.5 Å². The van der Waals surface area contributed by atoms with E-state index < -0.39 is 9.84 Å². The molecule has 2 unspecified atom stereocenters. The number of nitrogens with one attached hydrogen (secondary N) is 2. The van der Waals surface area contributed by atoms with Gasteiger partial charge in [0.05, 0.1) is 5.75 Å². The Kier molecular flexibility index (Phi) is 9.05. The van der Waals surface area contributed by atoms with Crippen LogP contribution in [0.25, 0.3) is 0 Å². The van der Waals surface area contributed by atoms with E-state index in [2.05, 4.69) is 29.4 Å². The van der Waals surface area contributed by atoms with Gasteiger partial charge in [-0.2, -0.15) is 0 Å². The molecular weight excluding hydrogens is 324 g/mol. The van der Waals surface area contributed by atoms with Gasteiger partial charge in [-0.05, 0) is 59.4 Å². The van der Waals surface area contributed by atoms with Gasteiger partial charge in [-0.15, -0.1) is 0 Å². The maximum atomic E-state index is 11.3. The van der Waals surface area contributed by atoms with Crippen molar-refractivity contribution in [2.75, 3.05) is 38.2 Å². The van der Waals surface area contributed by atoms with Crippen LogP contribution in [0.5, 0.6) is 0 Å². The molecule has 1 aliphatic heterocycles. The number of sulfone groups is 1. The summed E-state index contributed by atoms with van der Waals surface area (Å²) in [5.74, 6) is 1.59. The van der Waals surface area contributed by atoms with E-state index in [1.54, 1.807) is 0 Å². The van der Waals surface area contributed by atoms with Crippen LogP contribution in [0, 0.1) is 5.92 Å². The Morgan fingerprint density at radius 3 is 2.62 bits per heavy atom. The largest absolute Gasteiger partial charge is 0.357 e. The van der Waals surface area contributed by atoms with Crippen LogP contribution in [0.2, 0.25) is 0 Å². The molecule has 6 nitrogen and oxygen atoms in total. The number of piperidine rings is 1. The van der Waals surface area contributed by atoms with E-state index in [9.17, 15) is 8.42 Å². The van der Waals surface area contributed by atoms with Crippen LogP contribution in [0.3, 0.4) is 0 Å². The zero-order valence-electron chi connectivity index (χ0n) is 16.0. The molecule has 2 atom stereocenters. The van der Waals surface area contributed by atoms with Crippen LogP contribution in [-0.2, 0) is 9.84 Å². The molecule has 1 aliphatic rings. The number of aliphatic imine (C=N–C) groups is 1. The summed E-state index contributed by atoms with van der Waals surface area (Å²) in [7, 11) is -2.92. The van der Waals surface area contributed by atoms with E-state index in [4.69, 9.17) is 4.99 Å². The third-order valence-electron chi connectivity index (χ3n) is 4.44. The highest BCUT2D eigenvalue weighted by atomic mass is 32.2. The second kappa shape index (κ2) is 10.2. The number of hydrogen-bond acceptors (Lipinski definition) is 4. The number of likely N-dealkylation sites (tertiary alicyclic amines) is 1. The first kappa shape index (κ1) is 21.2. The predicted octanol–water partition coefficient (Wildman–Crippen LogP) is 1.49. The summed E-state index contributed by atoms with van der Waals surface area (Å²) >= 11 is 0. The maximum Gasteiger partial charge on any atom is 0.191 e. The normalized spacial score (nSPS) is 21.8. The summed E-state index contributed by atoms with van der Waals surface area (Å²) < 4.78 is 22.6. The highest BCUT2D eigenvalue weighted by Gasteiger charge is 2.21. The molecule has 0 aromatic heterocycles. The molecule has 24 heavy (non-hydrogen) atoms. The van der Waals surface area contributed by atoms with Gasteiger partial charge in [-0.1, -0.05) is 0 Å². The number of guanidine groups is 1. The fraction of sp³-hybridized carbons (Fsp3) is 0.941. The molecule has 1 saturated heterocycles. The second-order valence-corrected chi connectivity index (χ2v) is 9.54. The monoisotopic (exact) mass is 360 g/mol. The average molecular weight is 361 g/mol. The Morgan fingerprint density at radius 2 is 2.04 bits per heavy atom. The fourth-order valence-electron chi connectivity index (χ4n) is 2.95. The van der Waals surface area contributed by atoms with Gasteiger partial charge in [-0.25, -0.2) is 8.42 Å². The van der Waals surface area contributed by atoms with Crippen molar-refractivity contribution in [1.82, 2.24) is 15.5 Å². The van der Waals surface area contributed by atoms with Gasteiger partial charge in [-0.3, -0.25) is 4.99 Å². The van der Waals surface area contributed by atoms with E-state index in [1.165, 1.54) is 25.6 Å². The van der Waals surface area contributed by atoms with Crippen molar-refractivity contribution in [2.45, 2.75) is 59.0 Å². The Balaban J connectivity index is 2.52. The highest BCUT2D eigenvalue weighted by Crippen LogP contribution is 2.18. The van der Waals surface area contributed by atoms with Crippen molar-refractivity contribution >= 4 is 15.8 Å². The van der Waals surface area contributed by atoms with Crippen LogP contribution < -0.4 is 10.6 Å². The molecule has 0 aliphatic carbocycles. The number of rotatable bonds is 8. The zero-order valence-corrected chi connectivity index (χ0v) is 16.8. The molecule has 0 bridgehead atoms. The standard InChI is InChI=1S/C17H36N4O2S/c1-6-18-17(20-15(4)9-11-24(5,22)23)19-12-16-8-7-10-21(13-16)14(2)3/h14-16H,6-13H2,1-5H3,(H2,18,19,20). The van der Waals surface area contributed by atoms with E-state index in [-0.39, 0.29) is 11.8 Å². The van der Waals surface area contributed by atoms with Gasteiger partial charge in [0.25, 0.3) is 0 Å². The van der Waals surface area contributed by atoms with Crippen LogP contribution >= 0.6 is 0 Å². The first-order chi connectivity index (χ1) is 11.2. The minimum atomic E-state index is -2.92. The smallest absolute Gasteiger partial charge is 0.191 e. The SMILES string of the molecule is CCNC(=NCC1CCCN(C(C)C)C1)NC(C)CCS(C)(=O)=O. The molecule has 0 aromatic carbocycles. The third-order valence-corrected chi connectivity index (χ3v) is 5.41. The number of hydrogen-bond donors (Lipinski definition) is 2. The van der Waals surface area contributed by atoms with E-state index >= 15 is 0 Å². The average Bonchev–Trinajstić information content (AvgIpc) is 2.50. The van der Waals surface area contributed by atoms with E-state index in [1.807, 2.05) is 13.8 Å². The molecule has 0 radical (unpaired) electrons. The number of nitrogens with zero attached hydrogens (tertiary/aromatic N) is 2. The van der Waals surface area contributed by atoms with Crippen molar-refractivity contribution in [2.24, 2.45) is 10.9 Å². The second-order valence-electron chi connectivity index (χ2n) is 7.28. The molecule has 1 heterocycles. The summed E-state index contributed by atoms with van der Waals surface area (Å²) in [6, 6.07) is 0.676. The van der Waals surface area contributed by atoms with Crippen molar-refractivity contribution in [3.05, 3.63) is 0 Å². The van der Waals surface area contributed by atoms with Gasteiger partial charge >= 0.3 is 0 Å². The van der Waals surface area contributed by atoms with E-state index in [0.29, 0.717) is 18.4 Å². The molecule has 7 heteroatoms. The van der Waals surface area contributed by atoms with Crippen LogP contribution in [0.15, 0.2) is 4.99 Å². The van der Waals surface area contributed by atoms with Crippen LogP contribution in [0.4, 0.5) is 0 Å². The highest BCUT2D eigenvalue weighted by molar-refractivity contribution is 7.90. The summed E-state index contributed by atoms with van der Waals surface area (Å²) in [4.78, 5) is 7.26. The minimum absolute atomic E-state index is 0.0797. The quantitative estimate of drug-likeness (QED) is 0.507. The maximum absolute atomic E-state index is 11.3. The Hall–Kier alpha value is -0.820. The molecule has 0 amide bonds. The van der Waals surface area contributed by atoms with Crippen molar-refractivity contribution in [1.29, 1.82) is 0 Å². The van der Waals surface area contributed by atoms with Crippen LogP contribution in [0.1, 0.15) is 47.0 Å². The third kappa shape index (κ3) is 8.87. The Labute approximate surface area is 148 Å². The lowest BCUT2D eigenvalue weighted by atomic mass is 9.97. The molecule has 1 rings (SSSR count). The first-order valence-electron chi connectivity index (χ1n) is 9.18. The lowest BCUT2D eigenvalue weighted by molar-refractivity contribution is 0.143. The van der Waals surface area contributed by atoms with Gasteiger partial charge in [0.2, 0.25) is 0 Å². The van der Waals surface area contributed by atoms with Gasteiger partial charge in [0.1, 0.15) is 9.84 Å². The molecular formula is C17H36N4O2S. The van der Waals surface area contributed by atoms with Crippen molar-refractivity contribution in [3.63, 3.8) is 0 Å². The molecule has 0 aromatic rings. The van der Waals surface area contributed by atoms with Crippen LogP contribution in [-0.4, -0.2) is 69.5 Å². The summed E-state index contributed by atoms with van der Waals surface area (Å²) in [5, 5.41) is 6.58. The molecule has 142 valence electrons. The lowest BCUT2D eigenvalue weighted by Gasteiger charge is -2.35. The van der Waals surface area contributed by atoms with Gasteiger partial charge in [0.15, 0.2) is 5.96 Å². The van der Waals surface area contributed by atoms with Crippen molar-refractivity contribution < 1.29 is 8.42 Å². The van der Waals surface area contributed by atoms with E-state index in [0.717, 1.165) is 25.6 Å². The summed E-state index contributed by atoms with van der Waals surface area (Å²) in [6.07, 6.45) is 4.35. The first-order valence-corrected chi connectivity index (χ1v) is 11.2. The Bertz CT molecular complexity index is 491. The molecule has 0 saturated carbocycles. The molecule has 0 spiro atoms.